The first-order valence-corrected chi connectivity index (χ1v) is 13.4. The lowest BCUT2D eigenvalue weighted by Gasteiger charge is -2.44. The second-order valence-electron chi connectivity index (χ2n) is 10.4. The van der Waals surface area contributed by atoms with Gasteiger partial charge in [0.1, 0.15) is 58.7 Å². The number of carboxylic acid groups (broad SMARTS) is 2. The number of fused-ring (bicyclic) bond motifs is 1. The molecule has 10 atom stereocenters. The standard InChI is InChI=1S/C28H28O18/c1-41-14-4-8(2-3-10(14)29)13-7-12(31)16-11(30)5-9(6-15(16)43-13)42-28-24(20(35)19(34)23(45-28)26(39)40)46-27-21(36)17(32)18(33)22(44-27)25(37)38/h2-7,17-24,27-30,32-36H,1H3,(H,37,38)(H,39,40)/t17-,18-,19-,20-,21?,22?,23?,24?,27-,28+/m0/s1. The van der Waals surface area contributed by atoms with E-state index in [1.165, 1.54) is 25.3 Å². The van der Waals surface area contributed by atoms with Gasteiger partial charge in [-0.05, 0) is 18.2 Å². The maximum Gasteiger partial charge on any atom is 0.335 e. The maximum absolute atomic E-state index is 12.9. The molecule has 0 bridgehead atoms. The fourth-order valence-corrected chi connectivity index (χ4v) is 5.02. The number of aliphatic carboxylic acids is 2. The van der Waals surface area contributed by atoms with Crippen LogP contribution >= 0.6 is 0 Å². The molecule has 2 aliphatic rings. The van der Waals surface area contributed by atoms with Crippen LogP contribution in [0, 0.1) is 0 Å². The zero-order valence-electron chi connectivity index (χ0n) is 23.4. The van der Waals surface area contributed by atoms with E-state index in [0.717, 1.165) is 18.2 Å². The maximum atomic E-state index is 12.9. The van der Waals surface area contributed by atoms with Gasteiger partial charge in [-0.1, -0.05) is 0 Å². The van der Waals surface area contributed by atoms with Crippen LogP contribution in [0.5, 0.6) is 23.0 Å². The normalized spacial score (nSPS) is 31.3. The van der Waals surface area contributed by atoms with Gasteiger partial charge in [0.15, 0.2) is 41.5 Å². The highest BCUT2D eigenvalue weighted by Gasteiger charge is 2.54. The van der Waals surface area contributed by atoms with Crippen molar-refractivity contribution in [2.75, 3.05) is 7.11 Å². The molecule has 0 spiro atoms. The Morgan fingerprint density at radius 1 is 0.761 bits per heavy atom. The van der Waals surface area contributed by atoms with Crippen LogP contribution in [0.15, 0.2) is 45.6 Å². The van der Waals surface area contributed by atoms with Crippen LogP contribution in [0.3, 0.4) is 0 Å². The van der Waals surface area contributed by atoms with Crippen molar-refractivity contribution in [1.29, 1.82) is 0 Å². The number of rotatable bonds is 8. The van der Waals surface area contributed by atoms with Gasteiger partial charge in [0, 0.05) is 23.8 Å². The van der Waals surface area contributed by atoms with Gasteiger partial charge in [-0.3, -0.25) is 4.79 Å². The summed E-state index contributed by atoms with van der Waals surface area (Å²) in [6.45, 7) is 0. The van der Waals surface area contributed by atoms with E-state index < -0.39 is 84.5 Å². The smallest absolute Gasteiger partial charge is 0.335 e. The van der Waals surface area contributed by atoms with Crippen molar-refractivity contribution in [3.8, 4) is 34.3 Å². The molecule has 18 heteroatoms. The van der Waals surface area contributed by atoms with Gasteiger partial charge in [0.25, 0.3) is 0 Å². The summed E-state index contributed by atoms with van der Waals surface area (Å²) in [4.78, 5) is 36.2. The second kappa shape index (κ2) is 12.7. The molecule has 2 aliphatic heterocycles. The third-order valence-corrected chi connectivity index (χ3v) is 7.39. The largest absolute Gasteiger partial charge is 0.507 e. The molecule has 0 aliphatic carbocycles. The molecule has 0 saturated carbocycles. The summed E-state index contributed by atoms with van der Waals surface area (Å²) in [7, 11) is 1.31. The van der Waals surface area contributed by atoms with Gasteiger partial charge in [0.05, 0.1) is 7.11 Å². The van der Waals surface area contributed by atoms with Gasteiger partial charge in [-0.25, -0.2) is 9.59 Å². The predicted octanol–water partition coefficient (Wildman–Crippen LogP) is -1.93. The summed E-state index contributed by atoms with van der Waals surface area (Å²) in [6.07, 6.45) is -20.9. The average molecular weight is 653 g/mol. The van der Waals surface area contributed by atoms with Gasteiger partial charge < -0.3 is 74.1 Å². The number of carbonyl (C=O) groups is 2. The lowest BCUT2D eigenvalue weighted by molar-refractivity contribution is -0.350. The Bertz CT molecular complexity index is 1690. The number of benzene rings is 2. The number of aliphatic hydroxyl groups is 5. The highest BCUT2D eigenvalue weighted by Crippen LogP contribution is 2.36. The topological polar surface area (TPSA) is 293 Å². The van der Waals surface area contributed by atoms with Crippen molar-refractivity contribution < 1.29 is 83.6 Å². The summed E-state index contributed by atoms with van der Waals surface area (Å²) in [6, 6.07) is 7.18. The molecule has 0 radical (unpaired) electrons. The first-order valence-electron chi connectivity index (χ1n) is 13.4. The third-order valence-electron chi connectivity index (χ3n) is 7.39. The fraction of sp³-hybridized carbons (Fsp3) is 0.393. The van der Waals surface area contributed by atoms with E-state index in [1.54, 1.807) is 0 Å². The molecule has 18 nitrogen and oxygen atoms in total. The van der Waals surface area contributed by atoms with E-state index in [9.17, 15) is 60.3 Å². The molecule has 9 N–H and O–H groups in total. The van der Waals surface area contributed by atoms with Crippen molar-refractivity contribution in [2.24, 2.45) is 0 Å². The summed E-state index contributed by atoms with van der Waals surface area (Å²) in [5, 5.41) is 90.8. The van der Waals surface area contributed by atoms with Crippen molar-refractivity contribution in [2.45, 2.75) is 61.4 Å². The molecule has 2 saturated heterocycles. The Balaban J connectivity index is 1.51. The minimum Gasteiger partial charge on any atom is -0.507 e. The van der Waals surface area contributed by atoms with Crippen LogP contribution in [-0.4, -0.2) is 126 Å². The van der Waals surface area contributed by atoms with Crippen LogP contribution < -0.4 is 14.9 Å². The van der Waals surface area contributed by atoms with E-state index in [-0.39, 0.29) is 34.0 Å². The van der Waals surface area contributed by atoms with E-state index >= 15 is 0 Å². The highest BCUT2D eigenvalue weighted by atomic mass is 16.8. The Kier molecular flexibility index (Phi) is 9.07. The van der Waals surface area contributed by atoms with Gasteiger partial charge >= 0.3 is 11.9 Å². The molecular formula is C28H28O18. The molecule has 3 aromatic rings. The first kappa shape index (κ1) is 32.9. The Morgan fingerprint density at radius 2 is 1.39 bits per heavy atom. The molecule has 2 fully saturated rings. The number of ether oxygens (including phenoxy) is 5. The Hall–Kier alpha value is -4.53. The number of phenols is 2. The van der Waals surface area contributed by atoms with Crippen LogP contribution in [0.25, 0.3) is 22.3 Å². The van der Waals surface area contributed by atoms with Gasteiger partial charge in [-0.15, -0.1) is 0 Å². The summed E-state index contributed by atoms with van der Waals surface area (Å²) < 4.78 is 32.4. The second-order valence-corrected chi connectivity index (χ2v) is 10.4. The van der Waals surface area contributed by atoms with E-state index in [4.69, 9.17) is 28.1 Å². The molecule has 0 amide bonds. The number of methoxy groups -OCH3 is 1. The number of aliphatic hydroxyl groups excluding tert-OH is 5. The van der Waals surface area contributed by atoms with E-state index in [2.05, 4.69) is 0 Å². The number of hydrogen-bond donors (Lipinski definition) is 9. The predicted molar refractivity (Wildman–Crippen MR) is 146 cm³/mol. The number of hydrogen-bond acceptors (Lipinski definition) is 16. The molecule has 4 unspecified atom stereocenters. The van der Waals surface area contributed by atoms with Crippen molar-refractivity contribution in [3.05, 3.63) is 46.6 Å². The zero-order chi connectivity index (χ0) is 33.6. The minimum absolute atomic E-state index is 0.0240. The van der Waals surface area contributed by atoms with Crippen LogP contribution in [0.4, 0.5) is 0 Å². The lowest BCUT2D eigenvalue weighted by atomic mass is 9.97. The van der Waals surface area contributed by atoms with Crippen LogP contribution in [0.1, 0.15) is 0 Å². The quantitative estimate of drug-likeness (QED) is 0.128. The highest BCUT2D eigenvalue weighted by molar-refractivity contribution is 5.86. The van der Waals surface area contributed by atoms with Crippen LogP contribution in [-0.2, 0) is 23.8 Å². The van der Waals surface area contributed by atoms with Crippen molar-refractivity contribution in [1.82, 2.24) is 0 Å². The molecule has 46 heavy (non-hydrogen) atoms. The Labute approximate surface area is 256 Å². The summed E-state index contributed by atoms with van der Waals surface area (Å²) >= 11 is 0. The van der Waals surface area contributed by atoms with Gasteiger partial charge in [0.2, 0.25) is 6.29 Å². The fourth-order valence-electron chi connectivity index (χ4n) is 5.02. The number of aromatic hydroxyl groups is 2. The molecule has 3 heterocycles. The SMILES string of the molecule is COc1cc(-c2cc(=O)c3c(O)cc(O[C@@H]4OC(C(=O)O)[C@@H](O)[C@H](O)C4O[C@@H]4OC(C(=O)O)[C@@H](O)[C@H](O)C4O)cc3o2)ccc1O. The van der Waals surface area contributed by atoms with E-state index in [0.29, 0.717) is 5.56 Å². The lowest BCUT2D eigenvalue weighted by Crippen LogP contribution is -2.66. The van der Waals surface area contributed by atoms with E-state index in [1.807, 2.05) is 0 Å². The average Bonchev–Trinajstić information content (AvgIpc) is 3.00. The monoisotopic (exact) mass is 652 g/mol. The summed E-state index contributed by atoms with van der Waals surface area (Å²) in [5.74, 6) is -4.64. The molecule has 2 aromatic carbocycles. The minimum atomic E-state index is -2.17. The van der Waals surface area contributed by atoms with Crippen LogP contribution in [0.2, 0.25) is 0 Å². The van der Waals surface area contributed by atoms with Crippen molar-refractivity contribution in [3.63, 3.8) is 0 Å². The third kappa shape index (κ3) is 6.02. The molecular weight excluding hydrogens is 624 g/mol. The first-order chi connectivity index (χ1) is 21.7. The molecule has 5 rings (SSSR count). The van der Waals surface area contributed by atoms with Gasteiger partial charge in [-0.2, -0.15) is 0 Å². The molecule has 248 valence electrons. The zero-order valence-corrected chi connectivity index (χ0v) is 23.4. The molecule has 1 aromatic heterocycles. The number of phenolic OH excluding ortho intramolecular Hbond substituents is 2. The Morgan fingerprint density at radius 3 is 2.02 bits per heavy atom. The number of carboxylic acids is 2. The van der Waals surface area contributed by atoms with Crippen molar-refractivity contribution >= 4 is 22.9 Å². The summed E-state index contributed by atoms with van der Waals surface area (Å²) in [5.41, 5.74) is -0.646.